The van der Waals surface area contributed by atoms with Gasteiger partial charge in [-0.25, -0.2) is 0 Å². The van der Waals surface area contributed by atoms with E-state index in [-0.39, 0.29) is 11.3 Å². The van der Waals surface area contributed by atoms with Gasteiger partial charge in [0, 0.05) is 6.54 Å². The number of furan rings is 1. The molecule has 0 atom stereocenters. The molecule has 5 heteroatoms. The van der Waals surface area contributed by atoms with Crippen molar-refractivity contribution in [3.63, 3.8) is 0 Å². The van der Waals surface area contributed by atoms with Crippen molar-refractivity contribution >= 4 is 5.88 Å². The molecular weight excluding hydrogens is 244 g/mol. The number of rotatable bonds is 9. The van der Waals surface area contributed by atoms with Crippen LogP contribution in [-0.4, -0.2) is 11.5 Å². The molecule has 19 heavy (non-hydrogen) atoms. The number of nitrogens with zero attached hydrogens (tertiary/aromatic N) is 1. The molecule has 0 radical (unpaired) electrons. The SMILES string of the molecule is CCCCCC(C)(C)CNCc1ccc([N+](=O)[O-])o1. The molecule has 1 N–H and O–H groups in total. The summed E-state index contributed by atoms with van der Waals surface area (Å²) in [4.78, 5) is 9.97. The molecule has 0 aliphatic carbocycles. The van der Waals surface area contributed by atoms with Crippen LogP contribution in [0.15, 0.2) is 16.5 Å². The van der Waals surface area contributed by atoms with Crippen LogP contribution in [0.4, 0.5) is 5.88 Å². The van der Waals surface area contributed by atoms with Crippen LogP contribution in [-0.2, 0) is 6.54 Å². The molecule has 0 amide bonds. The Balaban J connectivity index is 2.30. The Morgan fingerprint density at radius 3 is 2.68 bits per heavy atom. The second-order valence-electron chi connectivity index (χ2n) is 5.72. The predicted molar refractivity (Wildman–Crippen MR) is 75.0 cm³/mol. The fourth-order valence-corrected chi connectivity index (χ4v) is 2.03. The molecule has 1 rings (SSSR count). The first-order valence-corrected chi connectivity index (χ1v) is 6.88. The molecule has 0 saturated carbocycles. The normalized spacial score (nSPS) is 11.7. The largest absolute Gasteiger partial charge is 0.433 e. The second-order valence-corrected chi connectivity index (χ2v) is 5.72. The summed E-state index contributed by atoms with van der Waals surface area (Å²) in [6, 6.07) is 3.04. The lowest BCUT2D eigenvalue weighted by molar-refractivity contribution is -0.402. The summed E-state index contributed by atoms with van der Waals surface area (Å²) in [5.41, 5.74) is 0.244. The number of nitro groups is 1. The molecule has 0 aliphatic rings. The lowest BCUT2D eigenvalue weighted by Crippen LogP contribution is -2.28. The number of hydrogen-bond acceptors (Lipinski definition) is 4. The first-order chi connectivity index (χ1) is 8.94. The van der Waals surface area contributed by atoms with E-state index >= 15 is 0 Å². The minimum absolute atomic E-state index is 0.195. The molecule has 1 aromatic rings. The van der Waals surface area contributed by atoms with Gasteiger partial charge in [0.1, 0.15) is 10.7 Å². The maximum atomic E-state index is 10.5. The van der Waals surface area contributed by atoms with E-state index < -0.39 is 4.92 Å². The van der Waals surface area contributed by atoms with Gasteiger partial charge in [-0.05, 0) is 17.9 Å². The summed E-state index contributed by atoms with van der Waals surface area (Å²) in [5, 5.41) is 13.8. The topological polar surface area (TPSA) is 68.3 Å². The average Bonchev–Trinajstić information content (AvgIpc) is 2.78. The van der Waals surface area contributed by atoms with Crippen LogP contribution < -0.4 is 5.32 Å². The van der Waals surface area contributed by atoms with Gasteiger partial charge in [-0.15, -0.1) is 0 Å². The van der Waals surface area contributed by atoms with Crippen molar-refractivity contribution in [3.8, 4) is 0 Å². The molecule has 1 aromatic heterocycles. The average molecular weight is 268 g/mol. The van der Waals surface area contributed by atoms with E-state index in [1.165, 1.54) is 31.7 Å². The van der Waals surface area contributed by atoms with E-state index in [9.17, 15) is 10.1 Å². The van der Waals surface area contributed by atoms with E-state index in [1.54, 1.807) is 6.07 Å². The standard InChI is InChI=1S/C14H24N2O3/c1-4-5-6-9-14(2,3)11-15-10-12-7-8-13(19-12)16(17)18/h7-8,15H,4-6,9-11H2,1-3H3. The molecule has 0 spiro atoms. The van der Waals surface area contributed by atoms with E-state index in [4.69, 9.17) is 4.42 Å². The van der Waals surface area contributed by atoms with Gasteiger partial charge in [0.2, 0.25) is 0 Å². The van der Waals surface area contributed by atoms with Crippen molar-refractivity contribution in [2.75, 3.05) is 6.54 Å². The zero-order valence-corrected chi connectivity index (χ0v) is 12.1. The Hall–Kier alpha value is -1.36. The molecule has 0 unspecified atom stereocenters. The van der Waals surface area contributed by atoms with E-state index in [0.29, 0.717) is 12.3 Å². The molecule has 0 fully saturated rings. The van der Waals surface area contributed by atoms with Gasteiger partial charge < -0.3 is 9.73 Å². The van der Waals surface area contributed by atoms with Gasteiger partial charge >= 0.3 is 5.88 Å². The summed E-state index contributed by atoms with van der Waals surface area (Å²) in [5.74, 6) is 0.412. The highest BCUT2D eigenvalue weighted by Gasteiger charge is 2.17. The highest BCUT2D eigenvalue weighted by atomic mass is 16.6. The third-order valence-electron chi connectivity index (χ3n) is 3.19. The van der Waals surface area contributed by atoms with E-state index in [2.05, 4.69) is 26.1 Å². The third-order valence-corrected chi connectivity index (χ3v) is 3.19. The Bertz CT molecular complexity index is 399. The first-order valence-electron chi connectivity index (χ1n) is 6.88. The van der Waals surface area contributed by atoms with Crippen LogP contribution in [0.2, 0.25) is 0 Å². The Morgan fingerprint density at radius 1 is 1.37 bits per heavy atom. The van der Waals surface area contributed by atoms with Crippen LogP contribution in [0, 0.1) is 15.5 Å². The number of unbranched alkanes of at least 4 members (excludes halogenated alkanes) is 2. The summed E-state index contributed by atoms with van der Waals surface area (Å²) in [6.07, 6.45) is 4.94. The Morgan fingerprint density at radius 2 is 2.11 bits per heavy atom. The Labute approximate surface area is 114 Å². The summed E-state index contributed by atoms with van der Waals surface area (Å²) in [7, 11) is 0. The summed E-state index contributed by atoms with van der Waals surface area (Å²) < 4.78 is 5.10. The molecule has 5 nitrogen and oxygen atoms in total. The highest BCUT2D eigenvalue weighted by Crippen LogP contribution is 2.23. The van der Waals surface area contributed by atoms with E-state index in [0.717, 1.165) is 6.54 Å². The second kappa shape index (κ2) is 7.28. The lowest BCUT2D eigenvalue weighted by Gasteiger charge is -2.24. The zero-order chi connectivity index (χ0) is 14.3. The van der Waals surface area contributed by atoms with Crippen LogP contribution in [0.3, 0.4) is 0 Å². The number of nitrogens with one attached hydrogen (secondary N) is 1. The maximum Gasteiger partial charge on any atom is 0.433 e. The van der Waals surface area contributed by atoms with Gasteiger partial charge in [0.05, 0.1) is 12.6 Å². The molecule has 0 aromatic carbocycles. The van der Waals surface area contributed by atoms with E-state index in [1.807, 2.05) is 0 Å². The van der Waals surface area contributed by atoms with Gasteiger partial charge in [0.15, 0.2) is 0 Å². The van der Waals surface area contributed by atoms with Crippen LogP contribution in [0.1, 0.15) is 52.2 Å². The maximum absolute atomic E-state index is 10.5. The van der Waals surface area contributed by atoms with Crippen molar-refractivity contribution < 1.29 is 9.34 Å². The van der Waals surface area contributed by atoms with Crippen LogP contribution >= 0.6 is 0 Å². The fourth-order valence-electron chi connectivity index (χ4n) is 2.03. The molecule has 108 valence electrons. The van der Waals surface area contributed by atoms with Gasteiger partial charge in [-0.1, -0.05) is 40.0 Å². The lowest BCUT2D eigenvalue weighted by atomic mass is 9.87. The van der Waals surface area contributed by atoms with Crippen molar-refractivity contribution in [3.05, 3.63) is 28.0 Å². The minimum atomic E-state index is -0.516. The van der Waals surface area contributed by atoms with Gasteiger partial charge in [-0.2, -0.15) is 0 Å². The van der Waals surface area contributed by atoms with Crippen LogP contribution in [0.5, 0.6) is 0 Å². The third kappa shape index (κ3) is 5.87. The minimum Gasteiger partial charge on any atom is -0.404 e. The monoisotopic (exact) mass is 268 g/mol. The molecule has 0 bridgehead atoms. The predicted octanol–water partition coefficient (Wildman–Crippen LogP) is 3.88. The molecule has 0 saturated heterocycles. The Kier molecular flexibility index (Phi) is 6.02. The van der Waals surface area contributed by atoms with Crippen molar-refractivity contribution in [2.24, 2.45) is 5.41 Å². The molecular formula is C14H24N2O3. The number of hydrogen-bond donors (Lipinski definition) is 1. The van der Waals surface area contributed by atoms with Crippen molar-refractivity contribution in [1.82, 2.24) is 5.32 Å². The summed E-state index contributed by atoms with van der Waals surface area (Å²) in [6.45, 7) is 8.09. The molecule has 1 heterocycles. The smallest absolute Gasteiger partial charge is 0.404 e. The highest BCUT2D eigenvalue weighted by molar-refractivity contribution is 5.17. The summed E-state index contributed by atoms with van der Waals surface area (Å²) >= 11 is 0. The molecule has 0 aliphatic heterocycles. The van der Waals surface area contributed by atoms with Crippen LogP contribution in [0.25, 0.3) is 0 Å². The quantitative estimate of drug-likeness (QED) is 0.419. The fraction of sp³-hybridized carbons (Fsp3) is 0.714. The van der Waals surface area contributed by atoms with Gasteiger partial charge in [-0.3, -0.25) is 10.1 Å². The first kappa shape index (κ1) is 15.7. The zero-order valence-electron chi connectivity index (χ0n) is 12.1. The van der Waals surface area contributed by atoms with Crippen molar-refractivity contribution in [2.45, 2.75) is 53.0 Å². The van der Waals surface area contributed by atoms with Gasteiger partial charge in [0.25, 0.3) is 0 Å². The van der Waals surface area contributed by atoms with Crippen molar-refractivity contribution in [1.29, 1.82) is 0 Å².